The molecule has 2 fully saturated rings. The van der Waals surface area contributed by atoms with E-state index < -0.39 is 17.2 Å². The van der Waals surface area contributed by atoms with E-state index in [0.717, 1.165) is 55.4 Å². The number of benzene rings is 1. The van der Waals surface area contributed by atoms with Crippen molar-refractivity contribution in [3.05, 3.63) is 47.0 Å². The lowest BCUT2D eigenvalue weighted by atomic mass is 9.77. The zero-order valence-corrected chi connectivity index (χ0v) is 18.5. The fourth-order valence-electron chi connectivity index (χ4n) is 5.50. The van der Waals surface area contributed by atoms with Crippen LogP contribution in [0.2, 0.25) is 0 Å². The summed E-state index contributed by atoms with van der Waals surface area (Å²) >= 11 is 0. The van der Waals surface area contributed by atoms with Gasteiger partial charge in [0, 0.05) is 0 Å². The monoisotopic (exact) mass is 413 g/mol. The smallest absolute Gasteiger partial charge is 0.144 e. The molecule has 0 radical (unpaired) electrons. The second kappa shape index (κ2) is 11.6. The van der Waals surface area contributed by atoms with Crippen LogP contribution in [0.3, 0.4) is 0 Å². The number of hydrogen-bond donors (Lipinski definition) is 0. The molecule has 3 heteroatoms. The first-order valence-electron chi connectivity index (χ1n) is 12.2. The van der Waals surface area contributed by atoms with Gasteiger partial charge in [0.2, 0.25) is 0 Å². The Morgan fingerprint density at radius 3 is 2.13 bits per heavy atom. The van der Waals surface area contributed by atoms with Crippen LogP contribution in [-0.2, 0) is 0 Å². The number of hydrogen-bond acceptors (Lipinski definition) is 1. The normalized spacial score (nSPS) is 27.3. The summed E-state index contributed by atoms with van der Waals surface area (Å²) in [5.41, 5.74) is 0.255. The van der Waals surface area contributed by atoms with Gasteiger partial charge in [-0.1, -0.05) is 38.3 Å². The van der Waals surface area contributed by atoms with E-state index >= 15 is 0 Å². The largest absolute Gasteiger partial charge is 0.205 e. The minimum absolute atomic E-state index is 0.219. The first-order chi connectivity index (χ1) is 14.6. The summed E-state index contributed by atoms with van der Waals surface area (Å²) in [6.07, 6.45) is 21.2. The molecule has 0 heterocycles. The van der Waals surface area contributed by atoms with Crippen LogP contribution in [-0.4, -0.2) is 0 Å². The molecule has 3 rings (SSSR count). The van der Waals surface area contributed by atoms with E-state index in [1.165, 1.54) is 63.5 Å². The van der Waals surface area contributed by atoms with Gasteiger partial charge in [0.25, 0.3) is 0 Å². The van der Waals surface area contributed by atoms with Gasteiger partial charge in [-0.05, 0) is 106 Å². The summed E-state index contributed by atoms with van der Waals surface area (Å²) in [6.45, 7) is 2.29. The first kappa shape index (κ1) is 23.0. The van der Waals surface area contributed by atoms with E-state index in [9.17, 15) is 8.78 Å². The molecule has 1 aromatic carbocycles. The maximum Gasteiger partial charge on any atom is 0.144 e. The van der Waals surface area contributed by atoms with Crippen molar-refractivity contribution in [2.24, 2.45) is 17.8 Å². The molecule has 0 saturated heterocycles. The number of nitrogens with zero attached hydrogens (tertiary/aromatic N) is 1. The van der Waals surface area contributed by atoms with E-state index in [1.54, 1.807) is 6.07 Å². The predicted molar refractivity (Wildman–Crippen MR) is 119 cm³/mol. The summed E-state index contributed by atoms with van der Waals surface area (Å²) in [5, 5.41) is 8.83. The lowest BCUT2D eigenvalue weighted by Gasteiger charge is -2.29. The standard InChI is InChI=1S/C27H37F2N/c1-2-3-6-20-9-11-21(12-10-20)7-4-5-8-22-13-15-23(16-14-22)24-17-26(28)25(19-30)27(29)18-24/h4,7,17-18,20-23H,2-3,5-6,8-16H2,1H3/b7-4+. The Kier molecular flexibility index (Phi) is 8.91. The Balaban J connectivity index is 1.36. The number of allylic oxidation sites excluding steroid dienone is 2. The molecule has 2 aliphatic carbocycles. The van der Waals surface area contributed by atoms with Crippen LogP contribution in [0.1, 0.15) is 107 Å². The van der Waals surface area contributed by atoms with Gasteiger partial charge in [0.1, 0.15) is 23.3 Å². The molecule has 0 amide bonds. The Morgan fingerprint density at radius 2 is 1.53 bits per heavy atom. The Bertz CT molecular complexity index is 709. The van der Waals surface area contributed by atoms with Crippen molar-refractivity contribution < 1.29 is 8.78 Å². The third kappa shape index (κ3) is 6.40. The molecule has 1 nitrogen and oxygen atoms in total. The average molecular weight is 414 g/mol. The zero-order valence-electron chi connectivity index (χ0n) is 18.5. The second-order valence-electron chi connectivity index (χ2n) is 9.62. The summed E-state index contributed by atoms with van der Waals surface area (Å²) in [5.74, 6) is 1.26. The van der Waals surface area contributed by atoms with Crippen LogP contribution >= 0.6 is 0 Å². The number of nitriles is 1. The van der Waals surface area contributed by atoms with Gasteiger partial charge in [-0.2, -0.15) is 5.26 Å². The Hall–Kier alpha value is -1.69. The first-order valence-corrected chi connectivity index (χ1v) is 12.2. The molecule has 0 unspecified atom stereocenters. The topological polar surface area (TPSA) is 23.8 Å². The van der Waals surface area contributed by atoms with Gasteiger partial charge in [-0.3, -0.25) is 0 Å². The highest BCUT2D eigenvalue weighted by atomic mass is 19.1. The molecule has 2 saturated carbocycles. The Labute approximate surface area is 181 Å². The van der Waals surface area contributed by atoms with Crippen LogP contribution in [0.25, 0.3) is 0 Å². The molecular weight excluding hydrogens is 376 g/mol. The van der Waals surface area contributed by atoms with Crippen molar-refractivity contribution in [1.82, 2.24) is 0 Å². The van der Waals surface area contributed by atoms with Crippen LogP contribution < -0.4 is 0 Å². The zero-order chi connectivity index (χ0) is 21.3. The highest BCUT2D eigenvalue weighted by Crippen LogP contribution is 2.38. The molecule has 1 aromatic rings. The number of rotatable bonds is 8. The lowest BCUT2D eigenvalue weighted by molar-refractivity contribution is 0.289. The summed E-state index contributed by atoms with van der Waals surface area (Å²) in [6, 6.07) is 4.34. The fourth-order valence-corrected chi connectivity index (χ4v) is 5.50. The fraction of sp³-hybridized carbons (Fsp3) is 0.667. The summed E-state index contributed by atoms with van der Waals surface area (Å²) < 4.78 is 27.8. The predicted octanol–water partition coefficient (Wildman–Crippen LogP) is 8.44. The van der Waals surface area contributed by atoms with Gasteiger partial charge in [-0.25, -0.2) is 8.78 Å². The molecule has 0 atom stereocenters. The molecule has 0 bridgehead atoms. The molecule has 30 heavy (non-hydrogen) atoms. The van der Waals surface area contributed by atoms with Crippen molar-refractivity contribution >= 4 is 0 Å². The van der Waals surface area contributed by atoms with Gasteiger partial charge in [-0.15, -0.1) is 0 Å². The van der Waals surface area contributed by atoms with Crippen molar-refractivity contribution in [3.8, 4) is 6.07 Å². The third-order valence-corrected chi connectivity index (χ3v) is 7.50. The number of unbranched alkanes of at least 4 members (excludes halogenated alkanes) is 1. The van der Waals surface area contributed by atoms with E-state index in [4.69, 9.17) is 5.26 Å². The van der Waals surface area contributed by atoms with Crippen molar-refractivity contribution in [2.75, 3.05) is 0 Å². The van der Waals surface area contributed by atoms with Crippen molar-refractivity contribution in [1.29, 1.82) is 5.26 Å². The van der Waals surface area contributed by atoms with Crippen LogP contribution in [0, 0.1) is 40.7 Å². The van der Waals surface area contributed by atoms with Crippen LogP contribution in [0.4, 0.5) is 8.78 Å². The summed E-state index contributed by atoms with van der Waals surface area (Å²) in [4.78, 5) is 0. The molecule has 2 aliphatic rings. The molecule has 0 aliphatic heterocycles. The van der Waals surface area contributed by atoms with E-state index in [-0.39, 0.29) is 5.92 Å². The minimum atomic E-state index is -0.723. The van der Waals surface area contributed by atoms with Gasteiger partial charge in [0.15, 0.2) is 0 Å². The van der Waals surface area contributed by atoms with E-state index in [2.05, 4.69) is 19.1 Å². The van der Waals surface area contributed by atoms with E-state index in [0.29, 0.717) is 0 Å². The maximum atomic E-state index is 13.9. The van der Waals surface area contributed by atoms with Gasteiger partial charge >= 0.3 is 0 Å². The van der Waals surface area contributed by atoms with Crippen molar-refractivity contribution in [3.63, 3.8) is 0 Å². The molecule has 0 aromatic heterocycles. The van der Waals surface area contributed by atoms with Crippen LogP contribution in [0.5, 0.6) is 0 Å². The van der Waals surface area contributed by atoms with Crippen LogP contribution in [0.15, 0.2) is 24.3 Å². The summed E-state index contributed by atoms with van der Waals surface area (Å²) in [7, 11) is 0. The molecule has 0 N–H and O–H groups in total. The quantitative estimate of drug-likeness (QED) is 0.392. The third-order valence-electron chi connectivity index (χ3n) is 7.50. The molecular formula is C27H37F2N. The van der Waals surface area contributed by atoms with Gasteiger partial charge < -0.3 is 0 Å². The maximum absolute atomic E-state index is 13.9. The van der Waals surface area contributed by atoms with Crippen molar-refractivity contribution in [2.45, 2.75) is 96.3 Å². The highest BCUT2D eigenvalue weighted by Gasteiger charge is 2.24. The lowest BCUT2D eigenvalue weighted by Crippen LogP contribution is -2.14. The molecule has 0 spiro atoms. The molecule has 164 valence electrons. The minimum Gasteiger partial charge on any atom is -0.205 e. The second-order valence-corrected chi connectivity index (χ2v) is 9.62. The Morgan fingerprint density at radius 1 is 0.933 bits per heavy atom. The number of halogens is 2. The average Bonchev–Trinajstić information content (AvgIpc) is 2.76. The van der Waals surface area contributed by atoms with Gasteiger partial charge in [0.05, 0.1) is 0 Å². The SMILES string of the molecule is CCCCC1CCC(/C=C/CCC2CCC(c3cc(F)c(C#N)c(F)c3)CC2)CC1. The highest BCUT2D eigenvalue weighted by molar-refractivity contribution is 5.36. The van der Waals surface area contributed by atoms with E-state index in [1.807, 2.05) is 0 Å².